The predicted molar refractivity (Wildman–Crippen MR) is 67.3 cm³/mol. The Morgan fingerprint density at radius 1 is 1.24 bits per heavy atom. The van der Waals surface area contributed by atoms with Crippen molar-refractivity contribution in [3.05, 3.63) is 24.3 Å². The van der Waals surface area contributed by atoms with Gasteiger partial charge < -0.3 is 14.8 Å². The maximum atomic E-state index is 12.0. The number of rotatable bonds is 5. The van der Waals surface area contributed by atoms with Crippen LogP contribution in [0.4, 0.5) is 5.69 Å². The minimum Gasteiger partial charge on any atom is -0.497 e. The van der Waals surface area contributed by atoms with Crippen molar-refractivity contribution in [1.29, 1.82) is 0 Å². The Kier molecular flexibility index (Phi) is 4.52. The van der Waals surface area contributed by atoms with Gasteiger partial charge in [0.15, 0.2) is 0 Å². The molecule has 0 aromatic heterocycles. The Bertz CT molecular complexity index is 371. The van der Waals surface area contributed by atoms with E-state index in [0.29, 0.717) is 6.61 Å². The Morgan fingerprint density at radius 2 is 1.82 bits per heavy atom. The van der Waals surface area contributed by atoms with Gasteiger partial charge in [0.25, 0.3) is 0 Å². The summed E-state index contributed by atoms with van der Waals surface area (Å²) in [4.78, 5) is 12.0. The van der Waals surface area contributed by atoms with Gasteiger partial charge in [0.1, 0.15) is 5.75 Å². The fourth-order valence-electron chi connectivity index (χ4n) is 1.40. The van der Waals surface area contributed by atoms with E-state index in [1.807, 2.05) is 13.8 Å². The number of anilines is 1. The van der Waals surface area contributed by atoms with Gasteiger partial charge in [0.05, 0.1) is 19.1 Å². The molecule has 0 unspecified atom stereocenters. The first-order valence-corrected chi connectivity index (χ1v) is 5.44. The minimum absolute atomic E-state index is 0.0653. The summed E-state index contributed by atoms with van der Waals surface area (Å²) in [6, 6.07) is 7.22. The molecule has 0 aliphatic rings. The summed E-state index contributed by atoms with van der Waals surface area (Å²) in [5.74, 6) is 0.698. The van der Waals surface area contributed by atoms with Gasteiger partial charge in [-0.25, -0.2) is 0 Å². The lowest BCUT2D eigenvalue weighted by molar-refractivity contribution is -0.126. The van der Waals surface area contributed by atoms with Crippen molar-refractivity contribution < 1.29 is 14.3 Å². The van der Waals surface area contributed by atoms with Crippen molar-refractivity contribution in [1.82, 2.24) is 0 Å². The topological polar surface area (TPSA) is 47.6 Å². The molecule has 0 radical (unpaired) electrons. The number of amides is 1. The third-order valence-corrected chi connectivity index (χ3v) is 2.47. The molecule has 1 rings (SSSR count). The molecule has 0 aliphatic heterocycles. The lowest BCUT2D eigenvalue weighted by atomic mass is 9.93. The molecule has 4 nitrogen and oxygen atoms in total. The Hall–Kier alpha value is -1.55. The summed E-state index contributed by atoms with van der Waals surface area (Å²) in [6.07, 6.45) is 0. The van der Waals surface area contributed by atoms with Crippen LogP contribution in [0.5, 0.6) is 5.75 Å². The van der Waals surface area contributed by atoms with Crippen molar-refractivity contribution in [2.75, 3.05) is 26.1 Å². The number of hydrogen-bond donors (Lipinski definition) is 1. The van der Waals surface area contributed by atoms with E-state index in [-0.39, 0.29) is 5.91 Å². The number of nitrogens with one attached hydrogen (secondary N) is 1. The monoisotopic (exact) mass is 237 g/mol. The largest absolute Gasteiger partial charge is 0.497 e. The molecule has 0 spiro atoms. The van der Waals surface area contributed by atoms with Crippen LogP contribution in [0.15, 0.2) is 24.3 Å². The molecule has 0 atom stereocenters. The van der Waals surface area contributed by atoms with Crippen LogP contribution in [-0.4, -0.2) is 26.7 Å². The highest BCUT2D eigenvalue weighted by Crippen LogP contribution is 2.20. The molecule has 17 heavy (non-hydrogen) atoms. The molecular formula is C13H19NO3. The standard InChI is InChI=1S/C13H19NO3/c1-13(2,9-16-3)12(15)14-10-5-7-11(17-4)8-6-10/h5-8H,9H2,1-4H3,(H,14,15). The van der Waals surface area contributed by atoms with Crippen LogP contribution in [0, 0.1) is 5.41 Å². The van der Waals surface area contributed by atoms with Gasteiger partial charge in [-0.05, 0) is 38.1 Å². The fraction of sp³-hybridized carbons (Fsp3) is 0.462. The van der Waals surface area contributed by atoms with Crippen molar-refractivity contribution in [2.24, 2.45) is 5.41 Å². The molecule has 94 valence electrons. The van der Waals surface area contributed by atoms with E-state index in [2.05, 4.69) is 5.32 Å². The summed E-state index contributed by atoms with van der Waals surface area (Å²) in [5.41, 5.74) is 0.203. The average Bonchev–Trinajstić information content (AvgIpc) is 2.30. The van der Waals surface area contributed by atoms with Gasteiger partial charge >= 0.3 is 0 Å². The van der Waals surface area contributed by atoms with E-state index in [0.717, 1.165) is 11.4 Å². The molecule has 0 heterocycles. The first-order chi connectivity index (χ1) is 7.99. The molecule has 0 fully saturated rings. The van der Waals surface area contributed by atoms with E-state index in [9.17, 15) is 4.79 Å². The van der Waals surface area contributed by atoms with Crippen LogP contribution in [0.3, 0.4) is 0 Å². The number of carbonyl (C=O) groups is 1. The third kappa shape index (κ3) is 3.75. The number of benzene rings is 1. The highest BCUT2D eigenvalue weighted by Gasteiger charge is 2.27. The molecule has 0 saturated carbocycles. The van der Waals surface area contributed by atoms with E-state index < -0.39 is 5.41 Å². The van der Waals surface area contributed by atoms with Gasteiger partial charge in [-0.2, -0.15) is 0 Å². The Morgan fingerprint density at radius 3 is 2.29 bits per heavy atom. The molecule has 0 aliphatic carbocycles. The lowest BCUT2D eigenvalue weighted by Crippen LogP contribution is -2.34. The first-order valence-electron chi connectivity index (χ1n) is 5.44. The highest BCUT2D eigenvalue weighted by atomic mass is 16.5. The minimum atomic E-state index is -0.547. The molecule has 0 bridgehead atoms. The van der Waals surface area contributed by atoms with Crippen LogP contribution >= 0.6 is 0 Å². The Labute approximate surface area is 102 Å². The summed E-state index contributed by atoms with van der Waals surface area (Å²) in [7, 11) is 3.19. The molecule has 1 amide bonds. The molecule has 1 aromatic rings. The highest BCUT2D eigenvalue weighted by molar-refractivity contribution is 5.94. The van der Waals surface area contributed by atoms with Crippen LogP contribution < -0.4 is 10.1 Å². The Balaban J connectivity index is 2.67. The second-order valence-electron chi connectivity index (χ2n) is 4.50. The van der Waals surface area contributed by atoms with E-state index >= 15 is 0 Å². The van der Waals surface area contributed by atoms with Crippen LogP contribution in [0.2, 0.25) is 0 Å². The number of hydrogen-bond acceptors (Lipinski definition) is 3. The maximum absolute atomic E-state index is 12.0. The van der Waals surface area contributed by atoms with Gasteiger partial charge in [-0.15, -0.1) is 0 Å². The summed E-state index contributed by atoms with van der Waals surface area (Å²) in [5, 5.41) is 2.84. The van der Waals surface area contributed by atoms with Crippen molar-refractivity contribution in [3.8, 4) is 5.75 Å². The van der Waals surface area contributed by atoms with Crippen molar-refractivity contribution >= 4 is 11.6 Å². The van der Waals surface area contributed by atoms with Crippen LogP contribution in [-0.2, 0) is 9.53 Å². The zero-order valence-electron chi connectivity index (χ0n) is 10.7. The maximum Gasteiger partial charge on any atom is 0.232 e. The van der Waals surface area contributed by atoms with Crippen LogP contribution in [0.1, 0.15) is 13.8 Å². The molecule has 1 N–H and O–H groups in total. The molecule has 0 saturated heterocycles. The zero-order valence-corrected chi connectivity index (χ0v) is 10.7. The van der Waals surface area contributed by atoms with E-state index in [1.165, 1.54) is 0 Å². The third-order valence-electron chi connectivity index (χ3n) is 2.47. The fourth-order valence-corrected chi connectivity index (χ4v) is 1.40. The quantitative estimate of drug-likeness (QED) is 0.854. The van der Waals surface area contributed by atoms with Crippen molar-refractivity contribution in [3.63, 3.8) is 0 Å². The van der Waals surface area contributed by atoms with Gasteiger partial charge in [0.2, 0.25) is 5.91 Å². The van der Waals surface area contributed by atoms with E-state index in [1.54, 1.807) is 38.5 Å². The predicted octanol–water partition coefficient (Wildman–Crippen LogP) is 2.31. The molecule has 1 aromatic carbocycles. The second-order valence-corrected chi connectivity index (χ2v) is 4.50. The van der Waals surface area contributed by atoms with Gasteiger partial charge in [0, 0.05) is 12.8 Å². The number of methoxy groups -OCH3 is 2. The smallest absolute Gasteiger partial charge is 0.232 e. The average molecular weight is 237 g/mol. The number of ether oxygens (including phenoxy) is 2. The molecular weight excluding hydrogens is 218 g/mol. The van der Waals surface area contributed by atoms with E-state index in [4.69, 9.17) is 9.47 Å². The SMILES string of the molecule is COCC(C)(C)C(=O)Nc1ccc(OC)cc1. The summed E-state index contributed by atoms with van der Waals surface area (Å²) in [6.45, 7) is 4.07. The first kappa shape index (κ1) is 13.5. The summed E-state index contributed by atoms with van der Waals surface area (Å²) >= 11 is 0. The van der Waals surface area contributed by atoms with Gasteiger partial charge in [-0.1, -0.05) is 0 Å². The molecule has 4 heteroatoms. The van der Waals surface area contributed by atoms with Crippen molar-refractivity contribution in [2.45, 2.75) is 13.8 Å². The van der Waals surface area contributed by atoms with Gasteiger partial charge in [-0.3, -0.25) is 4.79 Å². The normalized spacial score (nSPS) is 11.1. The zero-order chi connectivity index (χ0) is 12.9. The lowest BCUT2D eigenvalue weighted by Gasteiger charge is -2.22. The summed E-state index contributed by atoms with van der Waals surface area (Å²) < 4.78 is 10.1. The second kappa shape index (κ2) is 5.68. The number of carbonyl (C=O) groups excluding carboxylic acids is 1. The van der Waals surface area contributed by atoms with Crippen LogP contribution in [0.25, 0.3) is 0 Å².